The van der Waals surface area contributed by atoms with Gasteiger partial charge in [-0.05, 0) is 28.5 Å². The number of hydrogen-bond donors (Lipinski definition) is 2. The van der Waals surface area contributed by atoms with E-state index in [2.05, 4.69) is 34.7 Å². The van der Waals surface area contributed by atoms with E-state index >= 15 is 0 Å². The average molecular weight is 404 g/mol. The van der Waals surface area contributed by atoms with E-state index in [1.165, 1.54) is 12.1 Å². The summed E-state index contributed by atoms with van der Waals surface area (Å²) in [6.45, 7) is 0.223. The van der Waals surface area contributed by atoms with Gasteiger partial charge in [0.05, 0.1) is 10.7 Å². The summed E-state index contributed by atoms with van der Waals surface area (Å²) in [7, 11) is 0. The van der Waals surface area contributed by atoms with Crippen LogP contribution in [0.1, 0.15) is 0 Å². The van der Waals surface area contributed by atoms with Crippen LogP contribution in [0.5, 0.6) is 0 Å². The first-order chi connectivity index (χ1) is 12.5. The summed E-state index contributed by atoms with van der Waals surface area (Å²) in [6.07, 6.45) is 0. The molecule has 14 heteroatoms. The van der Waals surface area contributed by atoms with Gasteiger partial charge in [-0.1, -0.05) is 16.8 Å². The Morgan fingerprint density at radius 1 is 1.31 bits per heavy atom. The fourth-order valence-electron chi connectivity index (χ4n) is 2.02. The monoisotopic (exact) mass is 403 g/mol. The first-order valence-corrected chi connectivity index (χ1v) is 8.36. The highest BCUT2D eigenvalue weighted by Crippen LogP contribution is 2.25. The lowest BCUT2D eigenvalue weighted by atomic mass is 10.3. The Hall–Kier alpha value is -2.61. The molecule has 0 aliphatic heterocycles. The molecule has 26 heavy (non-hydrogen) atoms. The molecule has 1 unspecified atom stereocenters. The number of anilines is 1. The first kappa shape index (κ1) is 18.2. The Balaban J connectivity index is 1.92. The van der Waals surface area contributed by atoms with Gasteiger partial charge in [-0.25, -0.2) is 23.1 Å². The second-order valence-corrected chi connectivity index (χ2v) is 5.89. The molecule has 0 fully saturated rings. The second kappa shape index (κ2) is 7.74. The maximum atomic E-state index is 13.4. The van der Waals surface area contributed by atoms with Crippen LogP contribution in [-0.2, 0) is 11.3 Å². The van der Waals surface area contributed by atoms with Crippen LogP contribution < -0.4 is 15.8 Å². The van der Waals surface area contributed by atoms with Crippen LogP contribution in [0.4, 0.5) is 10.2 Å². The maximum absolute atomic E-state index is 13.4. The molecule has 138 valence electrons. The summed E-state index contributed by atoms with van der Waals surface area (Å²) >= 11 is 3.34. The number of halogens is 2. The Morgan fingerprint density at radius 3 is 2.85 bits per heavy atom. The van der Waals surface area contributed by atoms with E-state index in [-0.39, 0.29) is 41.1 Å². The molecule has 0 saturated heterocycles. The topological polar surface area (TPSA) is 151 Å². The van der Waals surface area contributed by atoms with Crippen LogP contribution in [0.25, 0.3) is 17.2 Å². The molecule has 2 aromatic heterocycles. The van der Waals surface area contributed by atoms with Crippen LogP contribution in [0.2, 0.25) is 5.02 Å². The molecule has 0 aliphatic carbocycles. The highest BCUT2D eigenvalue weighted by molar-refractivity contribution is 7.77. The van der Waals surface area contributed by atoms with Gasteiger partial charge >= 0.3 is 5.76 Å². The summed E-state index contributed by atoms with van der Waals surface area (Å²) in [5.74, 6) is -1.49. The van der Waals surface area contributed by atoms with Crippen molar-refractivity contribution in [2.45, 2.75) is 0 Å². The molecule has 3 rings (SSSR count). The summed E-state index contributed by atoms with van der Waals surface area (Å²) in [4.78, 5) is 12.0. The second-order valence-electron chi connectivity index (χ2n) is 4.72. The highest BCUT2D eigenvalue weighted by atomic mass is 35.5. The molecule has 0 spiro atoms. The van der Waals surface area contributed by atoms with Crippen molar-refractivity contribution in [3.8, 4) is 17.2 Å². The molecule has 11 nitrogen and oxygen atoms in total. The van der Waals surface area contributed by atoms with E-state index in [1.54, 1.807) is 0 Å². The van der Waals surface area contributed by atoms with E-state index in [0.29, 0.717) is 0 Å². The van der Waals surface area contributed by atoms with Crippen LogP contribution in [0.3, 0.4) is 0 Å². The lowest BCUT2D eigenvalue weighted by molar-refractivity contribution is 0.309. The smallest absolute Gasteiger partial charge is 0.446 e. The SMILES string of the molecule is O=c1onc(-c2nonc2NCCNS(=O)[O-])n1-c1ccc(F)c(Cl)c1. The lowest BCUT2D eigenvalue weighted by Gasteiger charge is -2.08. The predicted octanol–water partition coefficient (Wildman–Crippen LogP) is 0.464. The molecule has 2 N–H and O–H groups in total. The van der Waals surface area contributed by atoms with Gasteiger partial charge in [-0.3, -0.25) is 8.73 Å². The molecule has 2 heterocycles. The summed E-state index contributed by atoms with van der Waals surface area (Å²) < 4.78 is 46.6. The van der Waals surface area contributed by atoms with Crippen molar-refractivity contribution in [3.63, 3.8) is 0 Å². The maximum Gasteiger partial charge on any atom is 0.446 e. The predicted molar refractivity (Wildman–Crippen MR) is 85.8 cm³/mol. The number of nitrogens with one attached hydrogen (secondary N) is 2. The van der Waals surface area contributed by atoms with Gasteiger partial charge in [0, 0.05) is 24.4 Å². The third-order valence-electron chi connectivity index (χ3n) is 3.10. The fraction of sp³-hybridized carbons (Fsp3) is 0.167. The van der Waals surface area contributed by atoms with Crippen LogP contribution in [0.15, 0.2) is 32.1 Å². The van der Waals surface area contributed by atoms with Crippen molar-refractivity contribution in [3.05, 3.63) is 39.6 Å². The molecular weight excluding hydrogens is 395 g/mol. The minimum absolute atomic E-state index is 0.0274. The minimum Gasteiger partial charge on any atom is -0.760 e. The van der Waals surface area contributed by atoms with Crippen molar-refractivity contribution in [1.29, 1.82) is 0 Å². The third-order valence-corrected chi connectivity index (χ3v) is 3.83. The molecule has 1 atom stereocenters. The molecule has 0 saturated carbocycles. The van der Waals surface area contributed by atoms with Crippen molar-refractivity contribution in [2.24, 2.45) is 0 Å². The number of benzene rings is 1. The van der Waals surface area contributed by atoms with Crippen LogP contribution >= 0.6 is 11.6 Å². The van der Waals surface area contributed by atoms with Crippen molar-refractivity contribution < 1.29 is 22.3 Å². The van der Waals surface area contributed by atoms with Crippen molar-refractivity contribution in [2.75, 3.05) is 18.4 Å². The van der Waals surface area contributed by atoms with E-state index < -0.39 is 22.8 Å². The fourth-order valence-corrected chi connectivity index (χ4v) is 2.46. The largest absolute Gasteiger partial charge is 0.760 e. The number of hydrogen-bond acceptors (Lipinski definition) is 9. The molecule has 1 aromatic carbocycles. The van der Waals surface area contributed by atoms with Gasteiger partial charge < -0.3 is 9.87 Å². The van der Waals surface area contributed by atoms with Crippen LogP contribution in [0, 0.1) is 5.82 Å². The van der Waals surface area contributed by atoms with Gasteiger partial charge in [0.25, 0.3) is 0 Å². The molecule has 0 aliphatic rings. The Morgan fingerprint density at radius 2 is 2.12 bits per heavy atom. The van der Waals surface area contributed by atoms with Gasteiger partial charge in [0.1, 0.15) is 5.82 Å². The summed E-state index contributed by atoms with van der Waals surface area (Å²) in [5.41, 5.74) is 0.217. The van der Waals surface area contributed by atoms with Gasteiger partial charge in [0.2, 0.25) is 11.6 Å². The molecule has 0 bridgehead atoms. The third kappa shape index (κ3) is 3.80. The number of nitrogens with zero attached hydrogens (tertiary/aromatic N) is 4. The Labute approximate surface area is 151 Å². The summed E-state index contributed by atoms with van der Waals surface area (Å²) in [6, 6.07) is 3.60. The molecule has 0 amide bonds. The molecular formula is C12H9ClFN6O5S-. The van der Waals surface area contributed by atoms with Crippen LogP contribution in [-0.4, -0.2) is 41.9 Å². The molecule has 3 aromatic rings. The normalized spacial score (nSPS) is 12.3. The van der Waals surface area contributed by atoms with E-state index in [4.69, 9.17) is 11.6 Å². The lowest BCUT2D eigenvalue weighted by Crippen LogP contribution is -2.24. The quantitative estimate of drug-likeness (QED) is 0.423. The zero-order valence-corrected chi connectivity index (χ0v) is 14.2. The van der Waals surface area contributed by atoms with Gasteiger partial charge in [-0.15, -0.1) is 0 Å². The zero-order valence-electron chi connectivity index (χ0n) is 12.6. The summed E-state index contributed by atoms with van der Waals surface area (Å²) in [5, 5.41) is 13.5. The average Bonchev–Trinajstić information content (AvgIpc) is 3.20. The Bertz CT molecular complexity index is 1000. The number of rotatable bonds is 7. The van der Waals surface area contributed by atoms with Gasteiger partial charge in [0.15, 0.2) is 5.69 Å². The number of aromatic nitrogens is 4. The molecule has 0 radical (unpaired) electrons. The Kier molecular flexibility index (Phi) is 5.41. The van der Waals surface area contributed by atoms with E-state index in [9.17, 15) is 17.9 Å². The minimum atomic E-state index is -2.40. The standard InChI is InChI=1S/C12H10ClFN6O5S/c13-7-5-6(1-2-8(7)14)20-11(19-24-12(20)21)9-10(18-25-17-9)15-3-4-16-26(22)23/h1-2,5,16H,3-4H2,(H,15,18)(H,22,23)/p-1. The van der Waals surface area contributed by atoms with Crippen molar-refractivity contribution in [1.82, 2.24) is 24.8 Å². The zero-order chi connectivity index (χ0) is 18.7. The highest BCUT2D eigenvalue weighted by Gasteiger charge is 2.23. The van der Waals surface area contributed by atoms with E-state index in [1.807, 2.05) is 0 Å². The van der Waals surface area contributed by atoms with Gasteiger partial charge in [-0.2, -0.15) is 0 Å². The van der Waals surface area contributed by atoms with Crippen molar-refractivity contribution >= 4 is 28.7 Å². The first-order valence-electron chi connectivity index (χ1n) is 6.91. The van der Waals surface area contributed by atoms with E-state index in [0.717, 1.165) is 10.6 Å².